The van der Waals surface area contributed by atoms with E-state index in [0.717, 1.165) is 43.6 Å². The van der Waals surface area contributed by atoms with E-state index in [2.05, 4.69) is 24.0 Å². The number of aliphatic hydroxyl groups is 1. The molecule has 3 aliphatic rings. The first-order valence-electron chi connectivity index (χ1n) is 11.3. The fourth-order valence-corrected chi connectivity index (χ4v) is 4.76. The Kier molecular flexibility index (Phi) is 10.8. The van der Waals surface area contributed by atoms with Crippen LogP contribution >= 0.6 is 0 Å². The Morgan fingerprint density at radius 1 is 1.10 bits per heavy atom. The molecule has 0 aromatic carbocycles. The van der Waals surface area contributed by atoms with E-state index in [0.29, 0.717) is 18.8 Å². The van der Waals surface area contributed by atoms with E-state index in [1.54, 1.807) is 7.11 Å². The van der Waals surface area contributed by atoms with Gasteiger partial charge in [-0.1, -0.05) is 24.5 Å². The fourth-order valence-electron chi connectivity index (χ4n) is 4.76. The van der Waals surface area contributed by atoms with E-state index in [1.807, 2.05) is 6.92 Å². The van der Waals surface area contributed by atoms with Gasteiger partial charge in [-0.25, -0.2) is 0 Å². The first-order chi connectivity index (χ1) is 14.2. The molecule has 3 rings (SSSR count). The van der Waals surface area contributed by atoms with Gasteiger partial charge in [-0.2, -0.15) is 0 Å². The lowest BCUT2D eigenvalue weighted by Gasteiger charge is -2.37. The van der Waals surface area contributed by atoms with Gasteiger partial charge in [0.2, 0.25) is 0 Å². The molecule has 2 fully saturated rings. The van der Waals surface area contributed by atoms with Crippen molar-refractivity contribution in [1.82, 2.24) is 4.90 Å². The number of allylic oxidation sites excluding steroid dienone is 3. The highest BCUT2D eigenvalue weighted by Crippen LogP contribution is 2.30. The molecule has 1 unspecified atom stereocenters. The molecule has 2 atom stereocenters. The van der Waals surface area contributed by atoms with Crippen LogP contribution in [0.1, 0.15) is 65.2 Å². The van der Waals surface area contributed by atoms with Crippen LogP contribution in [-0.2, 0) is 14.2 Å². The van der Waals surface area contributed by atoms with Gasteiger partial charge in [-0.15, -0.1) is 0 Å². The van der Waals surface area contributed by atoms with Crippen molar-refractivity contribution in [1.29, 1.82) is 0 Å². The number of likely N-dealkylation sites (tertiary alicyclic amines) is 1. The molecule has 0 radical (unpaired) electrons. The maximum Gasteiger partial charge on any atom is 0.163 e. The van der Waals surface area contributed by atoms with Crippen LogP contribution in [0.25, 0.3) is 0 Å². The van der Waals surface area contributed by atoms with Crippen molar-refractivity contribution in [2.75, 3.05) is 40.5 Å². The average Bonchev–Trinajstić information content (AvgIpc) is 3.23. The van der Waals surface area contributed by atoms with Crippen LogP contribution in [0, 0.1) is 0 Å². The molecule has 29 heavy (non-hydrogen) atoms. The highest BCUT2D eigenvalue weighted by atomic mass is 16.5. The molecule has 0 aromatic rings. The van der Waals surface area contributed by atoms with Gasteiger partial charge in [-0.05, 0) is 77.1 Å². The minimum absolute atomic E-state index is 0.420. The van der Waals surface area contributed by atoms with Gasteiger partial charge in [0.05, 0.1) is 26.4 Å². The Bertz CT molecular complexity index is 575. The monoisotopic (exact) mass is 407 g/mol. The predicted octanol–water partition coefficient (Wildman–Crippen LogP) is 4.58. The van der Waals surface area contributed by atoms with Crippen molar-refractivity contribution in [3.63, 3.8) is 0 Å². The Labute approximate surface area is 177 Å². The number of nitrogens with zero attached hydrogens (tertiary/aromatic N) is 1. The minimum Gasteiger partial charge on any atom is -0.493 e. The third-order valence-corrected chi connectivity index (χ3v) is 6.09. The zero-order valence-corrected chi connectivity index (χ0v) is 18.9. The molecular weight excluding hydrogens is 366 g/mol. The highest BCUT2D eigenvalue weighted by molar-refractivity contribution is 5.38. The predicted molar refractivity (Wildman–Crippen MR) is 118 cm³/mol. The van der Waals surface area contributed by atoms with Crippen molar-refractivity contribution in [3.05, 3.63) is 34.8 Å². The lowest BCUT2D eigenvalue weighted by molar-refractivity contribution is -0.0290. The number of aliphatic hydroxyl groups excluding tert-OH is 1. The van der Waals surface area contributed by atoms with E-state index in [9.17, 15) is 0 Å². The van der Waals surface area contributed by atoms with Gasteiger partial charge in [0.1, 0.15) is 0 Å². The van der Waals surface area contributed by atoms with E-state index < -0.39 is 0 Å². The third-order valence-electron chi connectivity index (χ3n) is 6.09. The first-order valence-corrected chi connectivity index (χ1v) is 11.3. The molecule has 5 heteroatoms. The number of methoxy groups -OCH3 is 1. The van der Waals surface area contributed by atoms with Crippen LogP contribution in [0.2, 0.25) is 0 Å². The summed E-state index contributed by atoms with van der Waals surface area (Å²) in [5.41, 5.74) is 2.53. The summed E-state index contributed by atoms with van der Waals surface area (Å²) in [5, 5.41) is 7.00. The molecule has 1 N–H and O–H groups in total. The van der Waals surface area contributed by atoms with Crippen LogP contribution < -0.4 is 0 Å². The molecule has 0 amide bonds. The van der Waals surface area contributed by atoms with Gasteiger partial charge in [0, 0.05) is 13.2 Å². The van der Waals surface area contributed by atoms with Gasteiger partial charge in [0.15, 0.2) is 11.5 Å². The van der Waals surface area contributed by atoms with E-state index in [-0.39, 0.29) is 0 Å². The summed E-state index contributed by atoms with van der Waals surface area (Å²) in [5.74, 6) is 1.72. The topological polar surface area (TPSA) is 51.2 Å². The van der Waals surface area contributed by atoms with E-state index in [4.69, 9.17) is 19.3 Å². The largest absolute Gasteiger partial charge is 0.493 e. The zero-order valence-electron chi connectivity index (χ0n) is 18.9. The van der Waals surface area contributed by atoms with Crippen LogP contribution in [0.15, 0.2) is 34.8 Å². The standard InChI is InChI=1S/C23H37NO3.CH4O/c1-4-26-22-12-11-19(17-18(2)23(22)25-3)13-16-27-21-10-6-5-9-20(21)24-14-7-8-15-24;1-2/h12,17,20-21H,4-11,13-16H2,1-3H3;2H,1H3/t20-,21?;/m1./s1. The molecule has 2 aliphatic carbocycles. The van der Waals surface area contributed by atoms with E-state index >= 15 is 0 Å². The maximum absolute atomic E-state index is 7.00. The second-order valence-electron chi connectivity index (χ2n) is 7.98. The summed E-state index contributed by atoms with van der Waals surface area (Å²) < 4.78 is 17.8. The number of hydrogen-bond acceptors (Lipinski definition) is 5. The molecule has 1 heterocycles. The SMILES string of the molecule is CCOC1=CCC(CCOC2CCCC[C@H]2N2CCCC2)=CC(C)=C1OC.CO. The normalized spacial score (nSPS) is 25.6. The lowest BCUT2D eigenvalue weighted by Crippen LogP contribution is -2.45. The molecular formula is C24H41NO4. The van der Waals surface area contributed by atoms with Gasteiger partial charge >= 0.3 is 0 Å². The third kappa shape index (κ3) is 6.87. The quantitative estimate of drug-likeness (QED) is 0.638. The summed E-state index contributed by atoms with van der Waals surface area (Å²) in [4.78, 5) is 2.68. The fraction of sp³-hybridized carbons (Fsp3) is 0.750. The Hall–Kier alpha value is -1.30. The Morgan fingerprint density at radius 2 is 1.83 bits per heavy atom. The van der Waals surface area contributed by atoms with Crippen molar-refractivity contribution >= 4 is 0 Å². The molecule has 1 saturated heterocycles. The summed E-state index contributed by atoms with van der Waals surface area (Å²) >= 11 is 0. The summed E-state index contributed by atoms with van der Waals surface area (Å²) in [6.07, 6.45) is 14.6. The summed E-state index contributed by atoms with van der Waals surface area (Å²) in [6, 6.07) is 0.649. The molecule has 0 aromatic heterocycles. The van der Waals surface area contributed by atoms with Crippen molar-refractivity contribution in [2.45, 2.75) is 77.4 Å². The smallest absolute Gasteiger partial charge is 0.163 e. The molecule has 1 saturated carbocycles. The Balaban J connectivity index is 0.00000145. The molecule has 166 valence electrons. The van der Waals surface area contributed by atoms with Crippen molar-refractivity contribution in [3.8, 4) is 0 Å². The van der Waals surface area contributed by atoms with Crippen molar-refractivity contribution in [2.24, 2.45) is 0 Å². The lowest BCUT2D eigenvalue weighted by atomic mass is 9.91. The van der Waals surface area contributed by atoms with Crippen LogP contribution in [-0.4, -0.2) is 62.7 Å². The zero-order chi connectivity index (χ0) is 21.1. The number of rotatable bonds is 8. The highest BCUT2D eigenvalue weighted by Gasteiger charge is 2.32. The van der Waals surface area contributed by atoms with Gasteiger partial charge in [-0.3, -0.25) is 4.90 Å². The molecule has 5 nitrogen and oxygen atoms in total. The van der Waals surface area contributed by atoms with Crippen molar-refractivity contribution < 1.29 is 19.3 Å². The first kappa shape index (κ1) is 24.0. The second-order valence-corrected chi connectivity index (χ2v) is 7.98. The van der Waals surface area contributed by atoms with Gasteiger partial charge in [0.25, 0.3) is 0 Å². The number of hydrogen-bond donors (Lipinski definition) is 1. The molecule has 0 bridgehead atoms. The van der Waals surface area contributed by atoms with E-state index in [1.165, 1.54) is 57.2 Å². The van der Waals surface area contributed by atoms with Gasteiger partial charge < -0.3 is 19.3 Å². The van der Waals surface area contributed by atoms with Crippen LogP contribution in [0.5, 0.6) is 0 Å². The summed E-state index contributed by atoms with van der Waals surface area (Å²) in [6.45, 7) is 8.12. The van der Waals surface area contributed by atoms with Crippen LogP contribution in [0.4, 0.5) is 0 Å². The average molecular weight is 408 g/mol. The summed E-state index contributed by atoms with van der Waals surface area (Å²) in [7, 11) is 2.72. The minimum atomic E-state index is 0.420. The van der Waals surface area contributed by atoms with Crippen LogP contribution in [0.3, 0.4) is 0 Å². The Morgan fingerprint density at radius 3 is 2.52 bits per heavy atom. The maximum atomic E-state index is 7.00. The second kappa shape index (κ2) is 13.1. The number of ether oxygens (including phenoxy) is 3. The molecule has 1 aliphatic heterocycles. The molecule has 0 spiro atoms.